The molecule has 0 spiro atoms. The van der Waals surface area contributed by atoms with Gasteiger partial charge in [0.15, 0.2) is 0 Å². The van der Waals surface area contributed by atoms with Gasteiger partial charge in [-0.25, -0.2) is 4.79 Å². The fourth-order valence-electron chi connectivity index (χ4n) is 2.26. The summed E-state index contributed by atoms with van der Waals surface area (Å²) < 4.78 is 5.14. The number of carbonyl (C=O) groups excluding carboxylic acids is 1. The third kappa shape index (κ3) is 2.37. The van der Waals surface area contributed by atoms with Gasteiger partial charge in [0.25, 0.3) is 0 Å². The van der Waals surface area contributed by atoms with Gasteiger partial charge in [0.1, 0.15) is 0 Å². The Bertz CT molecular complexity index is 775. The van der Waals surface area contributed by atoms with Crippen LogP contribution < -0.4 is 0 Å². The van der Waals surface area contributed by atoms with Crippen LogP contribution in [-0.4, -0.2) is 12.6 Å². The van der Waals surface area contributed by atoms with Crippen LogP contribution in [0, 0.1) is 6.07 Å². The van der Waals surface area contributed by atoms with Crippen LogP contribution in [0.3, 0.4) is 0 Å². The van der Waals surface area contributed by atoms with Crippen LogP contribution in [0.4, 0.5) is 0 Å². The van der Waals surface area contributed by atoms with Gasteiger partial charge in [0.05, 0.1) is 12.2 Å². The maximum Gasteiger partial charge on any atom is 0.338 e. The molecule has 0 unspecified atom stereocenters. The van der Waals surface area contributed by atoms with E-state index in [1.165, 1.54) is 5.39 Å². The number of carbonyl (C=O) groups is 1. The molecular formula is C18H15O2. The summed E-state index contributed by atoms with van der Waals surface area (Å²) in [6.45, 7) is 2.42. The standard InChI is InChI=1S/C18H15O2/c1-2-9-20-18(19)16-8-7-15-10-13-5-3-4-6-14(13)11-17(15)12-16/h3-8,10-11H,2,9H2,1H3. The molecule has 3 aromatic carbocycles. The van der Waals surface area contributed by atoms with Gasteiger partial charge in [-0.2, -0.15) is 0 Å². The molecule has 0 saturated carbocycles. The fourth-order valence-corrected chi connectivity index (χ4v) is 2.26. The lowest BCUT2D eigenvalue weighted by Crippen LogP contribution is -2.05. The van der Waals surface area contributed by atoms with Gasteiger partial charge >= 0.3 is 5.97 Å². The summed E-state index contributed by atoms with van der Waals surface area (Å²) >= 11 is 0. The maximum atomic E-state index is 11.9. The Labute approximate surface area is 118 Å². The van der Waals surface area contributed by atoms with E-state index in [4.69, 9.17) is 4.74 Å². The molecule has 0 atom stereocenters. The van der Waals surface area contributed by atoms with Crippen molar-refractivity contribution in [1.82, 2.24) is 0 Å². The number of benzene rings is 3. The van der Waals surface area contributed by atoms with Crippen molar-refractivity contribution in [3.63, 3.8) is 0 Å². The minimum atomic E-state index is -0.304. The smallest absolute Gasteiger partial charge is 0.338 e. The third-order valence-electron chi connectivity index (χ3n) is 3.27. The summed E-state index contributed by atoms with van der Waals surface area (Å²) in [5.41, 5.74) is 0.487. The zero-order chi connectivity index (χ0) is 13.9. The zero-order valence-electron chi connectivity index (χ0n) is 11.3. The Morgan fingerprint density at radius 1 is 1.05 bits per heavy atom. The average molecular weight is 263 g/mol. The highest BCUT2D eigenvalue weighted by molar-refractivity contribution is 6.01. The van der Waals surface area contributed by atoms with E-state index in [2.05, 4.69) is 30.3 Å². The van der Waals surface area contributed by atoms with Crippen molar-refractivity contribution in [3.05, 3.63) is 60.2 Å². The minimum absolute atomic E-state index is 0.304. The number of ether oxygens (including phenoxy) is 1. The van der Waals surface area contributed by atoms with Crippen molar-refractivity contribution in [1.29, 1.82) is 0 Å². The topological polar surface area (TPSA) is 26.3 Å². The zero-order valence-corrected chi connectivity index (χ0v) is 11.3. The average Bonchev–Trinajstić information content (AvgIpc) is 2.50. The summed E-state index contributed by atoms with van der Waals surface area (Å²) in [5, 5.41) is 4.36. The molecule has 2 nitrogen and oxygen atoms in total. The van der Waals surface area contributed by atoms with Gasteiger partial charge in [-0.3, -0.25) is 0 Å². The number of fused-ring (bicyclic) bond motifs is 2. The lowest BCUT2D eigenvalue weighted by molar-refractivity contribution is 0.0505. The second kappa shape index (κ2) is 5.33. The van der Waals surface area contributed by atoms with Gasteiger partial charge in [0, 0.05) is 6.07 Å². The lowest BCUT2D eigenvalue weighted by Gasteiger charge is -2.05. The Kier molecular flexibility index (Phi) is 3.38. The van der Waals surface area contributed by atoms with Crippen molar-refractivity contribution in [2.45, 2.75) is 13.3 Å². The van der Waals surface area contributed by atoms with Gasteiger partial charge < -0.3 is 4.74 Å². The van der Waals surface area contributed by atoms with E-state index in [9.17, 15) is 4.79 Å². The molecule has 0 aliphatic heterocycles. The van der Waals surface area contributed by atoms with Crippen LogP contribution in [0.15, 0.2) is 48.5 Å². The van der Waals surface area contributed by atoms with Crippen molar-refractivity contribution in [2.24, 2.45) is 0 Å². The fraction of sp³-hybridized carbons (Fsp3) is 0.167. The predicted octanol–water partition coefficient (Wildman–Crippen LogP) is 4.36. The van der Waals surface area contributed by atoms with E-state index in [0.29, 0.717) is 12.2 Å². The van der Waals surface area contributed by atoms with Gasteiger partial charge in [-0.15, -0.1) is 0 Å². The Hall–Kier alpha value is -2.35. The number of hydrogen-bond donors (Lipinski definition) is 0. The molecule has 0 N–H and O–H groups in total. The van der Waals surface area contributed by atoms with Gasteiger partial charge in [0.2, 0.25) is 0 Å². The number of rotatable bonds is 3. The Morgan fingerprint density at radius 3 is 2.55 bits per heavy atom. The molecule has 0 heterocycles. The van der Waals surface area contributed by atoms with Crippen LogP contribution in [0.2, 0.25) is 0 Å². The molecule has 3 aromatic rings. The van der Waals surface area contributed by atoms with E-state index in [1.807, 2.05) is 25.1 Å². The Balaban J connectivity index is 2.06. The molecule has 20 heavy (non-hydrogen) atoms. The van der Waals surface area contributed by atoms with Crippen molar-refractivity contribution < 1.29 is 9.53 Å². The first-order valence-electron chi connectivity index (χ1n) is 6.80. The molecule has 0 aliphatic rings. The molecule has 0 aromatic heterocycles. The highest BCUT2D eigenvalue weighted by Gasteiger charge is 2.08. The van der Waals surface area contributed by atoms with Crippen molar-refractivity contribution in [3.8, 4) is 0 Å². The van der Waals surface area contributed by atoms with Crippen molar-refractivity contribution >= 4 is 27.5 Å². The Morgan fingerprint density at radius 2 is 1.80 bits per heavy atom. The molecule has 0 saturated heterocycles. The first-order valence-corrected chi connectivity index (χ1v) is 6.80. The molecule has 0 aliphatic carbocycles. The third-order valence-corrected chi connectivity index (χ3v) is 3.27. The van der Waals surface area contributed by atoms with Crippen LogP contribution in [0.25, 0.3) is 21.5 Å². The van der Waals surface area contributed by atoms with Crippen LogP contribution >= 0.6 is 0 Å². The molecule has 0 fully saturated rings. The van der Waals surface area contributed by atoms with E-state index >= 15 is 0 Å². The summed E-state index contributed by atoms with van der Waals surface area (Å²) in [7, 11) is 0. The van der Waals surface area contributed by atoms with E-state index in [-0.39, 0.29) is 5.97 Å². The quantitative estimate of drug-likeness (QED) is 0.518. The molecule has 0 amide bonds. The molecule has 99 valence electrons. The highest BCUT2D eigenvalue weighted by atomic mass is 16.5. The van der Waals surface area contributed by atoms with Gasteiger partial charge in [-0.1, -0.05) is 37.3 Å². The van der Waals surface area contributed by atoms with E-state index < -0.39 is 0 Å². The highest BCUT2D eigenvalue weighted by Crippen LogP contribution is 2.23. The molecule has 1 radical (unpaired) electrons. The van der Waals surface area contributed by atoms with Gasteiger partial charge in [-0.05, 0) is 46.2 Å². The molecule has 3 rings (SSSR count). The maximum absolute atomic E-state index is 11.9. The monoisotopic (exact) mass is 263 g/mol. The number of esters is 1. The summed E-state index contributed by atoms with van der Waals surface area (Å²) in [5.74, 6) is -0.304. The minimum Gasteiger partial charge on any atom is -0.462 e. The van der Waals surface area contributed by atoms with E-state index in [1.54, 1.807) is 6.07 Å². The van der Waals surface area contributed by atoms with Crippen molar-refractivity contribution in [2.75, 3.05) is 6.61 Å². The molecule has 2 heteroatoms. The second-order valence-electron chi connectivity index (χ2n) is 4.79. The van der Waals surface area contributed by atoms with Crippen LogP contribution in [-0.2, 0) is 4.74 Å². The predicted molar refractivity (Wildman–Crippen MR) is 80.9 cm³/mol. The molecule has 0 bridgehead atoms. The largest absolute Gasteiger partial charge is 0.462 e. The number of hydrogen-bond acceptors (Lipinski definition) is 2. The van der Waals surface area contributed by atoms with Crippen LogP contribution in [0.5, 0.6) is 0 Å². The first-order chi connectivity index (χ1) is 9.78. The molecular weight excluding hydrogens is 248 g/mol. The lowest BCUT2D eigenvalue weighted by atomic mass is 10.0. The van der Waals surface area contributed by atoms with E-state index in [0.717, 1.165) is 22.6 Å². The SMILES string of the molecule is CCCOC(=O)c1[c]c2cc3ccccc3cc2cc1. The first kappa shape index (κ1) is 12.7. The summed E-state index contributed by atoms with van der Waals surface area (Å²) in [6, 6.07) is 19.2. The second-order valence-corrected chi connectivity index (χ2v) is 4.79. The summed E-state index contributed by atoms with van der Waals surface area (Å²) in [6.07, 6.45) is 0.823. The summed E-state index contributed by atoms with van der Waals surface area (Å²) in [4.78, 5) is 11.9. The van der Waals surface area contributed by atoms with Crippen LogP contribution in [0.1, 0.15) is 23.7 Å². The normalized spacial score (nSPS) is 10.8.